The SMILES string of the molecule is COCCCC[C@](C)(c1ccccc1)C1(C)CCCC1. The highest BCUT2D eigenvalue weighted by Crippen LogP contribution is 2.54. The summed E-state index contributed by atoms with van der Waals surface area (Å²) in [5.41, 5.74) is 2.29. The molecule has 0 spiro atoms. The van der Waals surface area contributed by atoms with Gasteiger partial charge in [0.2, 0.25) is 0 Å². The molecule has 0 amide bonds. The third kappa shape index (κ3) is 3.09. The van der Waals surface area contributed by atoms with Gasteiger partial charge < -0.3 is 4.74 Å². The van der Waals surface area contributed by atoms with Gasteiger partial charge in [0.15, 0.2) is 0 Å². The molecule has 20 heavy (non-hydrogen) atoms. The summed E-state index contributed by atoms with van der Waals surface area (Å²) >= 11 is 0. The van der Waals surface area contributed by atoms with Crippen LogP contribution in [0, 0.1) is 5.41 Å². The lowest BCUT2D eigenvalue weighted by Crippen LogP contribution is -2.39. The second-order valence-corrected chi connectivity index (χ2v) is 6.92. The molecule has 1 fully saturated rings. The molecule has 1 saturated carbocycles. The summed E-state index contributed by atoms with van der Waals surface area (Å²) in [6.07, 6.45) is 9.26. The van der Waals surface area contributed by atoms with Crippen molar-refractivity contribution in [2.75, 3.05) is 13.7 Å². The topological polar surface area (TPSA) is 9.23 Å². The number of methoxy groups -OCH3 is 1. The Morgan fingerprint density at radius 2 is 1.75 bits per heavy atom. The van der Waals surface area contributed by atoms with E-state index in [0.29, 0.717) is 10.8 Å². The molecular weight excluding hydrogens is 244 g/mol. The van der Waals surface area contributed by atoms with Crippen LogP contribution in [0.2, 0.25) is 0 Å². The molecule has 0 radical (unpaired) electrons. The third-order valence-corrected chi connectivity index (χ3v) is 5.73. The summed E-state index contributed by atoms with van der Waals surface area (Å²) in [5, 5.41) is 0. The molecule has 0 aromatic heterocycles. The molecule has 1 aromatic rings. The van der Waals surface area contributed by atoms with Gasteiger partial charge in [-0.2, -0.15) is 0 Å². The molecule has 1 aromatic carbocycles. The average Bonchev–Trinajstić information content (AvgIpc) is 2.93. The number of hydrogen-bond donors (Lipinski definition) is 0. The first-order chi connectivity index (χ1) is 9.62. The maximum Gasteiger partial charge on any atom is 0.0462 e. The van der Waals surface area contributed by atoms with Gasteiger partial charge in [-0.25, -0.2) is 0 Å². The van der Waals surface area contributed by atoms with Gasteiger partial charge in [0.25, 0.3) is 0 Å². The molecule has 2 rings (SSSR count). The van der Waals surface area contributed by atoms with Gasteiger partial charge in [-0.1, -0.05) is 63.4 Å². The Labute approximate surface area is 124 Å². The van der Waals surface area contributed by atoms with Crippen molar-refractivity contribution in [1.29, 1.82) is 0 Å². The molecular formula is C19H30O. The lowest BCUT2D eigenvalue weighted by molar-refractivity contribution is 0.135. The van der Waals surface area contributed by atoms with Crippen LogP contribution >= 0.6 is 0 Å². The molecule has 0 heterocycles. The molecule has 0 bridgehead atoms. The van der Waals surface area contributed by atoms with Crippen LogP contribution in [0.3, 0.4) is 0 Å². The first kappa shape index (κ1) is 15.6. The van der Waals surface area contributed by atoms with Crippen molar-refractivity contribution in [3.8, 4) is 0 Å². The van der Waals surface area contributed by atoms with E-state index in [1.54, 1.807) is 7.11 Å². The summed E-state index contributed by atoms with van der Waals surface area (Å²) in [4.78, 5) is 0. The van der Waals surface area contributed by atoms with Gasteiger partial charge in [-0.3, -0.25) is 0 Å². The molecule has 0 saturated heterocycles. The van der Waals surface area contributed by atoms with Crippen molar-refractivity contribution < 1.29 is 4.74 Å². The van der Waals surface area contributed by atoms with Gasteiger partial charge >= 0.3 is 0 Å². The molecule has 1 atom stereocenters. The van der Waals surface area contributed by atoms with Gasteiger partial charge in [0.05, 0.1) is 0 Å². The third-order valence-electron chi connectivity index (χ3n) is 5.73. The summed E-state index contributed by atoms with van der Waals surface area (Å²) < 4.78 is 5.21. The van der Waals surface area contributed by atoms with Crippen LogP contribution in [0.25, 0.3) is 0 Å². The molecule has 112 valence electrons. The van der Waals surface area contributed by atoms with Crippen molar-refractivity contribution in [3.05, 3.63) is 35.9 Å². The molecule has 0 N–H and O–H groups in total. The van der Waals surface area contributed by atoms with E-state index in [-0.39, 0.29) is 0 Å². The number of unbranched alkanes of at least 4 members (excludes halogenated alkanes) is 1. The van der Waals surface area contributed by atoms with Crippen LogP contribution in [0.5, 0.6) is 0 Å². The van der Waals surface area contributed by atoms with Gasteiger partial charge in [0, 0.05) is 13.7 Å². The average molecular weight is 274 g/mol. The van der Waals surface area contributed by atoms with E-state index in [0.717, 1.165) is 6.61 Å². The van der Waals surface area contributed by atoms with Crippen molar-refractivity contribution in [2.45, 2.75) is 64.2 Å². The molecule has 1 nitrogen and oxygen atoms in total. The molecule has 1 heteroatoms. The first-order valence-electron chi connectivity index (χ1n) is 8.17. The van der Waals surface area contributed by atoms with Crippen molar-refractivity contribution in [3.63, 3.8) is 0 Å². The van der Waals surface area contributed by atoms with Crippen LogP contribution in [0.15, 0.2) is 30.3 Å². The zero-order valence-electron chi connectivity index (χ0n) is 13.5. The van der Waals surface area contributed by atoms with Crippen LogP contribution in [-0.2, 0) is 10.2 Å². The molecule has 1 aliphatic carbocycles. The Kier molecular flexibility index (Phi) is 5.26. The van der Waals surface area contributed by atoms with E-state index < -0.39 is 0 Å². The van der Waals surface area contributed by atoms with Crippen LogP contribution in [0.4, 0.5) is 0 Å². The first-order valence-corrected chi connectivity index (χ1v) is 8.17. The number of ether oxygens (including phenoxy) is 1. The monoisotopic (exact) mass is 274 g/mol. The van der Waals surface area contributed by atoms with Crippen molar-refractivity contribution in [1.82, 2.24) is 0 Å². The maximum atomic E-state index is 5.21. The summed E-state index contributed by atoms with van der Waals surface area (Å²) in [7, 11) is 1.80. The number of hydrogen-bond acceptors (Lipinski definition) is 1. The quantitative estimate of drug-likeness (QED) is 0.610. The second kappa shape index (κ2) is 6.76. The number of benzene rings is 1. The van der Waals surface area contributed by atoms with E-state index in [4.69, 9.17) is 4.74 Å². The lowest BCUT2D eigenvalue weighted by Gasteiger charge is -2.45. The van der Waals surface area contributed by atoms with Crippen LogP contribution in [0.1, 0.15) is 64.4 Å². The summed E-state index contributed by atoms with van der Waals surface area (Å²) in [6.45, 7) is 5.91. The van der Waals surface area contributed by atoms with E-state index in [2.05, 4.69) is 44.2 Å². The Bertz CT molecular complexity index is 391. The maximum absolute atomic E-state index is 5.21. The second-order valence-electron chi connectivity index (χ2n) is 6.92. The predicted octanol–water partition coefficient (Wildman–Crippen LogP) is 5.34. The van der Waals surface area contributed by atoms with Gasteiger partial charge in [-0.05, 0) is 42.1 Å². The highest BCUT2D eigenvalue weighted by molar-refractivity contribution is 5.28. The fourth-order valence-corrected chi connectivity index (χ4v) is 4.03. The minimum absolute atomic E-state index is 0.304. The fourth-order valence-electron chi connectivity index (χ4n) is 4.03. The molecule has 0 unspecified atom stereocenters. The fraction of sp³-hybridized carbons (Fsp3) is 0.684. The predicted molar refractivity (Wildman–Crippen MR) is 86.1 cm³/mol. The lowest BCUT2D eigenvalue weighted by atomic mass is 9.59. The molecule has 1 aliphatic rings. The normalized spacial score (nSPS) is 20.8. The smallest absolute Gasteiger partial charge is 0.0462 e. The summed E-state index contributed by atoms with van der Waals surface area (Å²) in [5.74, 6) is 0. The minimum Gasteiger partial charge on any atom is -0.385 e. The highest BCUT2D eigenvalue weighted by atomic mass is 16.5. The standard InChI is InChI=1S/C19H30O/c1-18(13-7-8-14-18)19(2,15-9-10-16-20-3)17-11-5-4-6-12-17/h4-6,11-12H,7-10,13-16H2,1-3H3/t19-/m1/s1. The Hall–Kier alpha value is -0.820. The van der Waals surface area contributed by atoms with E-state index in [1.807, 2.05) is 0 Å². The Morgan fingerprint density at radius 3 is 2.35 bits per heavy atom. The summed E-state index contributed by atoms with van der Waals surface area (Å²) in [6, 6.07) is 11.2. The van der Waals surface area contributed by atoms with Crippen LogP contribution in [-0.4, -0.2) is 13.7 Å². The Morgan fingerprint density at radius 1 is 1.10 bits per heavy atom. The number of rotatable bonds is 7. The largest absolute Gasteiger partial charge is 0.385 e. The van der Waals surface area contributed by atoms with E-state index >= 15 is 0 Å². The van der Waals surface area contributed by atoms with Crippen LogP contribution < -0.4 is 0 Å². The molecule has 0 aliphatic heterocycles. The van der Waals surface area contributed by atoms with Crippen molar-refractivity contribution in [2.24, 2.45) is 5.41 Å². The van der Waals surface area contributed by atoms with Gasteiger partial charge in [-0.15, -0.1) is 0 Å². The minimum atomic E-state index is 0.304. The van der Waals surface area contributed by atoms with E-state index in [9.17, 15) is 0 Å². The van der Waals surface area contributed by atoms with E-state index in [1.165, 1.54) is 50.5 Å². The zero-order chi connectivity index (χ0) is 14.5. The van der Waals surface area contributed by atoms with Crippen molar-refractivity contribution >= 4 is 0 Å². The Balaban J connectivity index is 2.19. The highest BCUT2D eigenvalue weighted by Gasteiger charge is 2.46. The zero-order valence-corrected chi connectivity index (χ0v) is 13.5. The van der Waals surface area contributed by atoms with Gasteiger partial charge in [0.1, 0.15) is 0 Å².